The second kappa shape index (κ2) is 5.98. The standard InChI is InChI=1S/C12H16N2O/c13-11(8-9-12(14)15)7-6-10-4-2-1-3-5-10/h1-5,8-9,11H,6-7,13H2,(H2,14,15)/b9-8+. The van der Waals surface area contributed by atoms with Crippen LogP contribution in [0.5, 0.6) is 0 Å². The van der Waals surface area contributed by atoms with Gasteiger partial charge in [0.1, 0.15) is 0 Å². The highest BCUT2D eigenvalue weighted by molar-refractivity contribution is 5.85. The molecule has 1 amide bonds. The first-order valence-corrected chi connectivity index (χ1v) is 4.95. The number of aryl methyl sites for hydroxylation is 1. The molecule has 0 aliphatic heterocycles. The molecule has 3 nitrogen and oxygen atoms in total. The Balaban J connectivity index is 2.34. The summed E-state index contributed by atoms with van der Waals surface area (Å²) in [6.07, 6.45) is 4.68. The Labute approximate surface area is 89.8 Å². The minimum atomic E-state index is -0.454. The summed E-state index contributed by atoms with van der Waals surface area (Å²) in [5.74, 6) is -0.454. The van der Waals surface area contributed by atoms with Crippen molar-refractivity contribution in [3.05, 3.63) is 48.0 Å². The van der Waals surface area contributed by atoms with Crippen LogP contribution in [-0.4, -0.2) is 11.9 Å². The van der Waals surface area contributed by atoms with E-state index in [1.165, 1.54) is 11.6 Å². The lowest BCUT2D eigenvalue weighted by molar-refractivity contribution is -0.113. The number of hydrogen-bond donors (Lipinski definition) is 2. The van der Waals surface area contributed by atoms with Gasteiger partial charge < -0.3 is 11.5 Å². The molecule has 0 heterocycles. The zero-order valence-electron chi connectivity index (χ0n) is 8.60. The van der Waals surface area contributed by atoms with Crippen molar-refractivity contribution in [2.24, 2.45) is 11.5 Å². The highest BCUT2D eigenvalue weighted by Crippen LogP contribution is 2.04. The molecule has 0 bridgehead atoms. The summed E-state index contributed by atoms with van der Waals surface area (Å²) in [5.41, 5.74) is 12.0. The van der Waals surface area contributed by atoms with Gasteiger partial charge in [-0.25, -0.2) is 0 Å². The summed E-state index contributed by atoms with van der Waals surface area (Å²) in [6.45, 7) is 0. The molecule has 1 aromatic rings. The van der Waals surface area contributed by atoms with Gasteiger partial charge in [-0.05, 0) is 18.4 Å². The fourth-order valence-corrected chi connectivity index (χ4v) is 1.29. The van der Waals surface area contributed by atoms with E-state index in [0.717, 1.165) is 12.8 Å². The van der Waals surface area contributed by atoms with Gasteiger partial charge in [-0.15, -0.1) is 0 Å². The quantitative estimate of drug-likeness (QED) is 0.702. The summed E-state index contributed by atoms with van der Waals surface area (Å²) >= 11 is 0. The van der Waals surface area contributed by atoms with Crippen LogP contribution < -0.4 is 11.5 Å². The molecule has 80 valence electrons. The zero-order chi connectivity index (χ0) is 11.1. The lowest BCUT2D eigenvalue weighted by atomic mass is 10.1. The first-order valence-electron chi connectivity index (χ1n) is 4.95. The lowest BCUT2D eigenvalue weighted by Gasteiger charge is -2.05. The topological polar surface area (TPSA) is 69.1 Å². The Morgan fingerprint density at radius 1 is 1.33 bits per heavy atom. The molecule has 1 rings (SSSR count). The molecule has 1 unspecified atom stereocenters. The Kier molecular flexibility index (Phi) is 4.57. The second-order valence-corrected chi connectivity index (χ2v) is 3.45. The van der Waals surface area contributed by atoms with Crippen molar-refractivity contribution in [3.8, 4) is 0 Å². The van der Waals surface area contributed by atoms with E-state index in [1.54, 1.807) is 6.08 Å². The Morgan fingerprint density at radius 3 is 2.60 bits per heavy atom. The van der Waals surface area contributed by atoms with Crippen LogP contribution in [0.1, 0.15) is 12.0 Å². The molecule has 3 heteroatoms. The minimum Gasteiger partial charge on any atom is -0.366 e. The number of hydrogen-bond acceptors (Lipinski definition) is 2. The molecule has 1 aromatic carbocycles. The largest absolute Gasteiger partial charge is 0.366 e. The van der Waals surface area contributed by atoms with E-state index >= 15 is 0 Å². The van der Waals surface area contributed by atoms with Gasteiger partial charge >= 0.3 is 0 Å². The molecule has 0 aliphatic rings. The fraction of sp³-hybridized carbons (Fsp3) is 0.250. The van der Waals surface area contributed by atoms with E-state index in [0.29, 0.717) is 0 Å². The zero-order valence-corrected chi connectivity index (χ0v) is 8.60. The van der Waals surface area contributed by atoms with Crippen molar-refractivity contribution in [2.45, 2.75) is 18.9 Å². The van der Waals surface area contributed by atoms with Crippen LogP contribution in [0.25, 0.3) is 0 Å². The lowest BCUT2D eigenvalue weighted by Crippen LogP contribution is -2.19. The van der Waals surface area contributed by atoms with E-state index < -0.39 is 5.91 Å². The molecule has 1 atom stereocenters. The number of primary amides is 1. The highest BCUT2D eigenvalue weighted by atomic mass is 16.1. The predicted octanol–water partition coefficient (Wildman–Crippen LogP) is 0.988. The van der Waals surface area contributed by atoms with Gasteiger partial charge in [0, 0.05) is 12.1 Å². The van der Waals surface area contributed by atoms with E-state index in [2.05, 4.69) is 12.1 Å². The van der Waals surface area contributed by atoms with Crippen molar-refractivity contribution in [1.29, 1.82) is 0 Å². The molecule has 0 aliphatic carbocycles. The van der Waals surface area contributed by atoms with Crippen LogP contribution in [0, 0.1) is 0 Å². The molecule has 15 heavy (non-hydrogen) atoms. The third kappa shape index (κ3) is 4.98. The van der Waals surface area contributed by atoms with Gasteiger partial charge in [-0.2, -0.15) is 0 Å². The number of benzene rings is 1. The monoisotopic (exact) mass is 204 g/mol. The number of rotatable bonds is 5. The fourth-order valence-electron chi connectivity index (χ4n) is 1.29. The second-order valence-electron chi connectivity index (χ2n) is 3.45. The van der Waals surface area contributed by atoms with Gasteiger partial charge in [0.25, 0.3) is 0 Å². The van der Waals surface area contributed by atoms with Crippen molar-refractivity contribution in [2.75, 3.05) is 0 Å². The SMILES string of the molecule is NC(=O)/C=C/C(N)CCc1ccccc1. The molecule has 4 N–H and O–H groups in total. The Hall–Kier alpha value is -1.61. The van der Waals surface area contributed by atoms with Crippen LogP contribution >= 0.6 is 0 Å². The van der Waals surface area contributed by atoms with E-state index in [9.17, 15) is 4.79 Å². The Morgan fingerprint density at radius 2 is 2.00 bits per heavy atom. The van der Waals surface area contributed by atoms with Crippen LogP contribution in [0.3, 0.4) is 0 Å². The summed E-state index contributed by atoms with van der Waals surface area (Å²) in [4.78, 5) is 10.5. The average Bonchev–Trinajstić information content (AvgIpc) is 2.25. The highest BCUT2D eigenvalue weighted by Gasteiger charge is 1.99. The molecular formula is C12H16N2O. The van der Waals surface area contributed by atoms with Crippen molar-refractivity contribution >= 4 is 5.91 Å². The van der Waals surface area contributed by atoms with Crippen molar-refractivity contribution in [3.63, 3.8) is 0 Å². The van der Waals surface area contributed by atoms with E-state index in [1.807, 2.05) is 18.2 Å². The maximum atomic E-state index is 10.5. The molecular weight excluding hydrogens is 188 g/mol. The maximum absolute atomic E-state index is 10.5. The first-order chi connectivity index (χ1) is 7.18. The van der Waals surface area contributed by atoms with Crippen molar-refractivity contribution < 1.29 is 4.79 Å². The molecule has 0 fully saturated rings. The van der Waals surface area contributed by atoms with Gasteiger partial charge in [0.05, 0.1) is 0 Å². The maximum Gasteiger partial charge on any atom is 0.241 e. The minimum absolute atomic E-state index is 0.113. The Bertz CT molecular complexity index is 333. The summed E-state index contributed by atoms with van der Waals surface area (Å²) < 4.78 is 0. The summed E-state index contributed by atoms with van der Waals surface area (Å²) in [5, 5.41) is 0. The smallest absolute Gasteiger partial charge is 0.241 e. The van der Waals surface area contributed by atoms with E-state index in [-0.39, 0.29) is 6.04 Å². The molecule has 0 radical (unpaired) electrons. The van der Waals surface area contributed by atoms with Gasteiger partial charge in [-0.3, -0.25) is 4.79 Å². The molecule has 0 saturated carbocycles. The first kappa shape index (κ1) is 11.5. The third-order valence-electron chi connectivity index (χ3n) is 2.12. The summed E-state index contributed by atoms with van der Waals surface area (Å²) in [7, 11) is 0. The predicted molar refractivity (Wildman–Crippen MR) is 61.1 cm³/mol. The van der Waals surface area contributed by atoms with Gasteiger partial charge in [-0.1, -0.05) is 36.4 Å². The normalized spacial score (nSPS) is 12.9. The number of carbonyl (C=O) groups excluding carboxylic acids is 1. The number of carbonyl (C=O) groups is 1. The van der Waals surface area contributed by atoms with Gasteiger partial charge in [0.2, 0.25) is 5.91 Å². The average molecular weight is 204 g/mol. The van der Waals surface area contributed by atoms with E-state index in [4.69, 9.17) is 11.5 Å². The number of nitrogens with two attached hydrogens (primary N) is 2. The van der Waals surface area contributed by atoms with Crippen LogP contribution in [0.2, 0.25) is 0 Å². The van der Waals surface area contributed by atoms with Gasteiger partial charge in [0.15, 0.2) is 0 Å². The summed E-state index contributed by atoms with van der Waals surface area (Å²) in [6, 6.07) is 9.99. The van der Waals surface area contributed by atoms with Crippen LogP contribution in [0.15, 0.2) is 42.5 Å². The van der Waals surface area contributed by atoms with Crippen LogP contribution in [-0.2, 0) is 11.2 Å². The van der Waals surface area contributed by atoms with Crippen molar-refractivity contribution in [1.82, 2.24) is 0 Å². The molecule has 0 spiro atoms. The molecule has 0 aromatic heterocycles. The van der Waals surface area contributed by atoms with Crippen LogP contribution in [0.4, 0.5) is 0 Å². The number of amides is 1. The molecule has 0 saturated heterocycles. The third-order valence-corrected chi connectivity index (χ3v) is 2.12.